The van der Waals surface area contributed by atoms with E-state index in [0.29, 0.717) is 12.2 Å². The zero-order valence-electron chi connectivity index (χ0n) is 13.5. The van der Waals surface area contributed by atoms with Gasteiger partial charge in [0, 0.05) is 32.7 Å². The van der Waals surface area contributed by atoms with E-state index in [-0.39, 0.29) is 5.69 Å². The molecule has 4 N–H and O–H groups in total. The summed E-state index contributed by atoms with van der Waals surface area (Å²) in [5.41, 5.74) is 6.66. The van der Waals surface area contributed by atoms with Crippen LogP contribution in [0.1, 0.15) is 16.2 Å². The number of hydrogen-bond acceptors (Lipinski definition) is 5. The number of aromatic nitrogens is 2. The van der Waals surface area contributed by atoms with Gasteiger partial charge < -0.3 is 25.3 Å². The van der Waals surface area contributed by atoms with E-state index in [1.165, 1.54) is 0 Å². The van der Waals surface area contributed by atoms with Crippen molar-refractivity contribution in [1.29, 1.82) is 0 Å². The molecule has 8 heteroatoms. The fourth-order valence-electron chi connectivity index (χ4n) is 3.01. The molecule has 0 atom stereocenters. The number of nitrogens with two attached hydrogens (primary N) is 1. The van der Waals surface area contributed by atoms with Crippen molar-refractivity contribution in [3.63, 3.8) is 0 Å². The van der Waals surface area contributed by atoms with Gasteiger partial charge in [-0.1, -0.05) is 12.1 Å². The molecule has 3 rings (SSSR count). The van der Waals surface area contributed by atoms with E-state index in [9.17, 15) is 9.59 Å². The summed E-state index contributed by atoms with van der Waals surface area (Å²) in [6.07, 6.45) is 0. The van der Waals surface area contributed by atoms with Crippen LogP contribution in [0.4, 0.5) is 5.69 Å². The number of anilines is 1. The molecule has 1 fully saturated rings. The normalized spacial score (nSPS) is 15.5. The minimum atomic E-state index is -0.629. The lowest BCUT2D eigenvalue weighted by Crippen LogP contribution is -2.46. The lowest BCUT2D eigenvalue weighted by Gasteiger charge is -2.36. The predicted molar refractivity (Wildman–Crippen MR) is 90.4 cm³/mol. The van der Waals surface area contributed by atoms with Crippen molar-refractivity contribution in [2.75, 3.05) is 38.2 Å². The number of carbonyl (C=O) groups is 1. The monoisotopic (exact) mass is 331 g/mol. The number of para-hydroxylation sites is 2. The molecule has 128 valence electrons. The standard InChI is InChI=1S/C16H21N5O3/c1-24-13-5-3-2-4-12(13)21-8-6-20(7-9-21)10-11-14(15(17)22)19-16(23)18-11/h2-5H,6-10H2,1H3,(H2,17,22)(H2,18,19,23). The van der Waals surface area contributed by atoms with Crippen LogP contribution in [0.3, 0.4) is 0 Å². The molecular formula is C16H21N5O3. The largest absolute Gasteiger partial charge is 0.495 e. The first-order chi connectivity index (χ1) is 11.6. The Bertz CT molecular complexity index is 774. The number of imidazole rings is 1. The van der Waals surface area contributed by atoms with Gasteiger partial charge in [-0.2, -0.15) is 0 Å². The zero-order valence-corrected chi connectivity index (χ0v) is 13.5. The van der Waals surface area contributed by atoms with Crippen LogP contribution in [0.15, 0.2) is 29.1 Å². The number of aromatic amines is 2. The molecule has 0 unspecified atom stereocenters. The number of nitrogens with zero attached hydrogens (tertiary/aromatic N) is 2. The van der Waals surface area contributed by atoms with Gasteiger partial charge in [0.25, 0.3) is 5.91 Å². The first-order valence-corrected chi connectivity index (χ1v) is 7.79. The molecule has 8 nitrogen and oxygen atoms in total. The Kier molecular flexibility index (Phi) is 4.57. The van der Waals surface area contributed by atoms with Crippen molar-refractivity contribution in [3.8, 4) is 5.75 Å². The van der Waals surface area contributed by atoms with Gasteiger partial charge in [0.05, 0.1) is 18.5 Å². The van der Waals surface area contributed by atoms with Crippen LogP contribution < -0.4 is 21.1 Å². The first kappa shape index (κ1) is 16.1. The number of benzene rings is 1. The van der Waals surface area contributed by atoms with Crippen molar-refractivity contribution in [3.05, 3.63) is 46.1 Å². The highest BCUT2D eigenvalue weighted by Gasteiger charge is 2.22. The van der Waals surface area contributed by atoms with E-state index in [1.807, 2.05) is 24.3 Å². The van der Waals surface area contributed by atoms with Crippen LogP contribution in [0.25, 0.3) is 0 Å². The SMILES string of the molecule is COc1ccccc1N1CCN(Cc2[nH]c(=O)[nH]c2C(N)=O)CC1. The average Bonchev–Trinajstić information content (AvgIpc) is 2.96. The Labute approximate surface area is 139 Å². The van der Waals surface area contributed by atoms with Crippen LogP contribution in [0, 0.1) is 0 Å². The van der Waals surface area contributed by atoms with Gasteiger partial charge in [0.1, 0.15) is 11.4 Å². The number of nitrogens with one attached hydrogen (secondary N) is 2. The number of hydrogen-bond donors (Lipinski definition) is 3. The van der Waals surface area contributed by atoms with E-state index < -0.39 is 11.6 Å². The number of rotatable bonds is 5. The van der Waals surface area contributed by atoms with Gasteiger partial charge in [0.2, 0.25) is 0 Å². The number of amides is 1. The van der Waals surface area contributed by atoms with Gasteiger partial charge in [-0.15, -0.1) is 0 Å². The maximum Gasteiger partial charge on any atom is 0.323 e. The Hall–Kier alpha value is -2.74. The van der Waals surface area contributed by atoms with Gasteiger partial charge in [-0.25, -0.2) is 4.79 Å². The Morgan fingerprint density at radius 2 is 1.92 bits per heavy atom. The topological polar surface area (TPSA) is 107 Å². The minimum Gasteiger partial charge on any atom is -0.495 e. The lowest BCUT2D eigenvalue weighted by atomic mass is 10.2. The Morgan fingerprint density at radius 1 is 1.21 bits per heavy atom. The molecule has 2 heterocycles. The highest BCUT2D eigenvalue weighted by molar-refractivity contribution is 5.91. The second kappa shape index (κ2) is 6.79. The first-order valence-electron chi connectivity index (χ1n) is 7.79. The summed E-state index contributed by atoms with van der Waals surface area (Å²) >= 11 is 0. The summed E-state index contributed by atoms with van der Waals surface area (Å²) in [7, 11) is 1.67. The number of methoxy groups -OCH3 is 1. The van der Waals surface area contributed by atoms with Crippen molar-refractivity contribution < 1.29 is 9.53 Å². The average molecular weight is 331 g/mol. The maximum absolute atomic E-state index is 11.4. The molecule has 0 spiro atoms. The molecule has 1 aliphatic rings. The lowest BCUT2D eigenvalue weighted by molar-refractivity contribution is 0.0993. The highest BCUT2D eigenvalue weighted by atomic mass is 16.5. The molecule has 1 aromatic carbocycles. The highest BCUT2D eigenvalue weighted by Crippen LogP contribution is 2.28. The minimum absolute atomic E-state index is 0.159. The quantitative estimate of drug-likeness (QED) is 0.722. The molecule has 0 radical (unpaired) electrons. The molecule has 0 saturated carbocycles. The van der Waals surface area contributed by atoms with Crippen molar-refractivity contribution in [2.24, 2.45) is 5.73 Å². The van der Waals surface area contributed by atoms with E-state index in [2.05, 4.69) is 19.8 Å². The molecular weight excluding hydrogens is 310 g/mol. The van der Waals surface area contributed by atoms with Gasteiger partial charge in [-0.05, 0) is 12.1 Å². The van der Waals surface area contributed by atoms with E-state index in [4.69, 9.17) is 10.5 Å². The van der Waals surface area contributed by atoms with Crippen LogP contribution in [-0.4, -0.2) is 54.1 Å². The zero-order chi connectivity index (χ0) is 17.1. The molecule has 24 heavy (non-hydrogen) atoms. The Morgan fingerprint density at radius 3 is 2.58 bits per heavy atom. The van der Waals surface area contributed by atoms with Crippen LogP contribution in [-0.2, 0) is 6.54 Å². The third-order valence-corrected chi connectivity index (χ3v) is 4.23. The van der Waals surface area contributed by atoms with Crippen molar-refractivity contribution in [1.82, 2.24) is 14.9 Å². The second-order valence-corrected chi connectivity index (χ2v) is 5.73. The summed E-state index contributed by atoms with van der Waals surface area (Å²) in [5.74, 6) is 0.230. The number of ether oxygens (including phenoxy) is 1. The third kappa shape index (κ3) is 3.28. The fourth-order valence-corrected chi connectivity index (χ4v) is 3.01. The Balaban J connectivity index is 1.65. The molecule has 1 aromatic heterocycles. The number of piperazine rings is 1. The molecule has 1 amide bonds. The molecule has 0 aliphatic carbocycles. The summed E-state index contributed by atoms with van der Waals surface area (Å²) in [6.45, 7) is 3.77. The molecule has 2 aromatic rings. The summed E-state index contributed by atoms with van der Waals surface area (Å²) in [5, 5.41) is 0. The predicted octanol–water partition coefficient (Wildman–Crippen LogP) is 0.133. The van der Waals surface area contributed by atoms with E-state index in [1.54, 1.807) is 7.11 Å². The number of H-pyrrole nitrogens is 2. The third-order valence-electron chi connectivity index (χ3n) is 4.23. The van der Waals surface area contributed by atoms with Gasteiger partial charge in [0.15, 0.2) is 0 Å². The van der Waals surface area contributed by atoms with Crippen LogP contribution >= 0.6 is 0 Å². The smallest absolute Gasteiger partial charge is 0.323 e. The van der Waals surface area contributed by atoms with Crippen LogP contribution in [0.5, 0.6) is 5.75 Å². The van der Waals surface area contributed by atoms with E-state index in [0.717, 1.165) is 37.6 Å². The van der Waals surface area contributed by atoms with Crippen LogP contribution in [0.2, 0.25) is 0 Å². The van der Waals surface area contributed by atoms with Gasteiger partial charge >= 0.3 is 5.69 Å². The molecule has 1 saturated heterocycles. The summed E-state index contributed by atoms with van der Waals surface area (Å²) in [4.78, 5) is 32.3. The second-order valence-electron chi connectivity index (χ2n) is 5.73. The molecule has 0 bridgehead atoms. The molecule has 1 aliphatic heterocycles. The van der Waals surface area contributed by atoms with Crippen molar-refractivity contribution >= 4 is 11.6 Å². The number of carbonyl (C=O) groups excluding carboxylic acids is 1. The summed E-state index contributed by atoms with van der Waals surface area (Å²) < 4.78 is 5.42. The van der Waals surface area contributed by atoms with Gasteiger partial charge in [-0.3, -0.25) is 9.69 Å². The number of primary amides is 1. The van der Waals surface area contributed by atoms with E-state index >= 15 is 0 Å². The maximum atomic E-state index is 11.4. The van der Waals surface area contributed by atoms with Crippen molar-refractivity contribution in [2.45, 2.75) is 6.54 Å². The fraction of sp³-hybridized carbons (Fsp3) is 0.375. The summed E-state index contributed by atoms with van der Waals surface area (Å²) in [6, 6.07) is 7.94.